The zero-order valence-electron chi connectivity index (χ0n) is 21.1. The van der Waals surface area contributed by atoms with Crippen LogP contribution < -0.4 is 15.4 Å². The van der Waals surface area contributed by atoms with Gasteiger partial charge in [0.15, 0.2) is 0 Å². The fourth-order valence-electron chi connectivity index (χ4n) is 4.61. The van der Waals surface area contributed by atoms with E-state index in [1.54, 1.807) is 12.4 Å². The van der Waals surface area contributed by atoms with E-state index in [4.69, 9.17) is 9.84 Å². The van der Waals surface area contributed by atoms with Gasteiger partial charge in [0.05, 0.1) is 17.0 Å². The van der Waals surface area contributed by atoms with Crippen molar-refractivity contribution >= 4 is 16.9 Å². The summed E-state index contributed by atoms with van der Waals surface area (Å²) in [5, 5.41) is 16.2. The summed E-state index contributed by atoms with van der Waals surface area (Å²) in [6.07, 6.45) is 12.0. The highest BCUT2D eigenvalue weighted by molar-refractivity contribution is 5.83. The third kappa shape index (κ3) is 8.79. The van der Waals surface area contributed by atoms with Crippen LogP contribution in [0.5, 0.6) is 5.88 Å². The monoisotopic (exact) mass is 493 g/mol. The molecule has 2 aromatic rings. The van der Waals surface area contributed by atoms with Gasteiger partial charge >= 0.3 is 0 Å². The molecule has 35 heavy (non-hydrogen) atoms. The van der Waals surface area contributed by atoms with Gasteiger partial charge in [-0.15, -0.1) is 0 Å². The molecule has 0 radical (unpaired) electrons. The highest BCUT2D eigenvalue weighted by Gasteiger charge is 2.35. The Balaban J connectivity index is 0.000000324. The minimum absolute atomic E-state index is 0.0145. The topological polar surface area (TPSA) is 92.2 Å². The molecule has 0 unspecified atom stereocenters. The predicted molar refractivity (Wildman–Crippen MR) is 135 cm³/mol. The molecular formula is C26H41F2N5O2. The Morgan fingerprint density at radius 1 is 1.00 bits per heavy atom. The first-order valence-corrected chi connectivity index (χ1v) is 13.3. The summed E-state index contributed by atoms with van der Waals surface area (Å²) in [6.45, 7) is 5.89. The molecule has 0 bridgehead atoms. The van der Waals surface area contributed by atoms with E-state index < -0.39 is 5.92 Å². The maximum absolute atomic E-state index is 13.3. The Morgan fingerprint density at radius 2 is 1.69 bits per heavy atom. The average molecular weight is 494 g/mol. The van der Waals surface area contributed by atoms with Crippen LogP contribution in [-0.2, 0) is 0 Å². The van der Waals surface area contributed by atoms with Crippen LogP contribution in [0.25, 0.3) is 10.9 Å². The van der Waals surface area contributed by atoms with Gasteiger partial charge < -0.3 is 20.5 Å². The second kappa shape index (κ2) is 13.8. The minimum atomic E-state index is -2.53. The lowest BCUT2D eigenvalue weighted by molar-refractivity contribution is -0.0361. The standard InChI is InChI=1S/C18H23F2N5O.C6H12O.C2H6/c19-18(20)6-1-12(2-7-18)24-17-23-11-14-15(25-17)5-10-22-16(14)26-13-3-8-21-9-4-13;7-6-4-2-1-3-5-6;1-2/h5,10-13,21H,1-4,6-9H2,(H,23,24,25);6-7H,1-5H2;1-2H3. The molecule has 0 spiro atoms. The number of pyridine rings is 1. The number of nitrogens with zero attached hydrogens (tertiary/aromatic N) is 3. The van der Waals surface area contributed by atoms with Crippen molar-refractivity contribution in [1.29, 1.82) is 0 Å². The quantitative estimate of drug-likeness (QED) is 0.519. The van der Waals surface area contributed by atoms with E-state index in [0.717, 1.165) is 49.7 Å². The first kappa shape index (κ1) is 27.5. The van der Waals surface area contributed by atoms with Crippen LogP contribution in [0.3, 0.4) is 0 Å². The van der Waals surface area contributed by atoms with E-state index in [2.05, 4.69) is 25.6 Å². The van der Waals surface area contributed by atoms with Crippen molar-refractivity contribution in [1.82, 2.24) is 20.3 Å². The summed E-state index contributed by atoms with van der Waals surface area (Å²) in [5.41, 5.74) is 0.738. The number of piperidine rings is 1. The van der Waals surface area contributed by atoms with Crippen LogP contribution in [-0.4, -0.2) is 57.3 Å². The van der Waals surface area contributed by atoms with E-state index in [9.17, 15) is 8.78 Å². The largest absolute Gasteiger partial charge is 0.474 e. The maximum atomic E-state index is 13.3. The predicted octanol–water partition coefficient (Wildman–Crippen LogP) is 5.48. The van der Waals surface area contributed by atoms with Gasteiger partial charge in [-0.25, -0.2) is 23.7 Å². The number of alkyl halides is 2. The lowest BCUT2D eigenvalue weighted by Gasteiger charge is -2.28. The highest BCUT2D eigenvalue weighted by Crippen LogP contribution is 2.34. The van der Waals surface area contributed by atoms with Gasteiger partial charge in [-0.05, 0) is 57.7 Å². The lowest BCUT2D eigenvalue weighted by atomic mass is 9.92. The van der Waals surface area contributed by atoms with Gasteiger partial charge in [-0.1, -0.05) is 33.1 Å². The van der Waals surface area contributed by atoms with Gasteiger partial charge in [0, 0.05) is 31.3 Å². The number of hydrogen-bond donors (Lipinski definition) is 3. The molecule has 3 aliphatic rings. The van der Waals surface area contributed by atoms with E-state index >= 15 is 0 Å². The molecule has 9 heteroatoms. The maximum Gasteiger partial charge on any atom is 0.248 e. The number of halogens is 2. The number of anilines is 1. The first-order chi connectivity index (χ1) is 17.0. The van der Waals surface area contributed by atoms with Gasteiger partial charge in [-0.2, -0.15) is 0 Å². The molecule has 3 fully saturated rings. The van der Waals surface area contributed by atoms with Gasteiger partial charge in [0.2, 0.25) is 17.8 Å². The molecule has 3 N–H and O–H groups in total. The fourth-order valence-corrected chi connectivity index (χ4v) is 4.61. The fraction of sp³-hybridized carbons (Fsp3) is 0.731. The third-order valence-corrected chi connectivity index (χ3v) is 6.66. The van der Waals surface area contributed by atoms with E-state index in [1.807, 2.05) is 19.9 Å². The molecule has 196 valence electrons. The van der Waals surface area contributed by atoms with Crippen LogP contribution in [0, 0.1) is 0 Å². The normalized spacial score (nSPS) is 21.3. The summed E-state index contributed by atoms with van der Waals surface area (Å²) in [7, 11) is 0. The molecule has 2 aromatic heterocycles. The number of rotatable bonds is 4. The van der Waals surface area contributed by atoms with E-state index in [1.165, 1.54) is 19.3 Å². The Hall–Kier alpha value is -2.13. The second-order valence-electron chi connectivity index (χ2n) is 9.38. The van der Waals surface area contributed by atoms with Crippen LogP contribution in [0.2, 0.25) is 0 Å². The Bertz CT molecular complexity index is 879. The zero-order chi connectivity index (χ0) is 25.1. The summed E-state index contributed by atoms with van der Waals surface area (Å²) < 4.78 is 32.6. The Labute approximate surface area is 207 Å². The van der Waals surface area contributed by atoms with Crippen molar-refractivity contribution in [2.24, 2.45) is 0 Å². The number of aliphatic hydroxyl groups is 1. The Kier molecular flexibility index (Phi) is 10.8. The van der Waals surface area contributed by atoms with Crippen molar-refractivity contribution in [2.75, 3.05) is 18.4 Å². The molecule has 0 amide bonds. The van der Waals surface area contributed by atoms with Crippen molar-refractivity contribution < 1.29 is 18.6 Å². The van der Waals surface area contributed by atoms with Crippen LogP contribution in [0.4, 0.5) is 14.7 Å². The van der Waals surface area contributed by atoms with E-state index in [0.29, 0.717) is 24.7 Å². The summed E-state index contributed by atoms with van der Waals surface area (Å²) >= 11 is 0. The smallest absolute Gasteiger partial charge is 0.248 e. The first-order valence-electron chi connectivity index (χ1n) is 13.3. The summed E-state index contributed by atoms with van der Waals surface area (Å²) in [4.78, 5) is 13.2. The van der Waals surface area contributed by atoms with Gasteiger partial charge in [0.25, 0.3) is 0 Å². The summed E-state index contributed by atoms with van der Waals surface area (Å²) in [6, 6.07) is 1.80. The molecule has 2 saturated carbocycles. The number of hydrogen-bond acceptors (Lipinski definition) is 7. The van der Waals surface area contributed by atoms with Gasteiger partial charge in [-0.3, -0.25) is 0 Å². The average Bonchev–Trinajstić information content (AvgIpc) is 2.88. The van der Waals surface area contributed by atoms with Crippen molar-refractivity contribution in [3.05, 3.63) is 18.5 Å². The van der Waals surface area contributed by atoms with Crippen LogP contribution >= 0.6 is 0 Å². The molecule has 3 heterocycles. The third-order valence-electron chi connectivity index (χ3n) is 6.66. The van der Waals surface area contributed by atoms with Crippen molar-refractivity contribution in [3.8, 4) is 5.88 Å². The molecule has 7 nitrogen and oxygen atoms in total. The number of aromatic nitrogens is 3. The van der Waals surface area contributed by atoms with Crippen LogP contribution in [0.1, 0.15) is 84.5 Å². The molecule has 1 aliphatic heterocycles. The second-order valence-corrected chi connectivity index (χ2v) is 9.38. The van der Waals surface area contributed by atoms with Crippen molar-refractivity contribution in [3.63, 3.8) is 0 Å². The SMILES string of the molecule is CC.FC1(F)CCC(Nc2ncc3c(OC4CCNCC4)nccc3n2)CC1.OC1CCCCC1. The van der Waals surface area contributed by atoms with Gasteiger partial charge in [0.1, 0.15) is 6.10 Å². The molecule has 0 atom stereocenters. The molecule has 1 saturated heterocycles. The molecule has 2 aliphatic carbocycles. The summed E-state index contributed by atoms with van der Waals surface area (Å²) in [5.74, 6) is -1.51. The Morgan fingerprint density at radius 3 is 2.31 bits per heavy atom. The van der Waals surface area contributed by atoms with Crippen LogP contribution in [0.15, 0.2) is 18.5 Å². The highest BCUT2D eigenvalue weighted by atomic mass is 19.3. The number of fused-ring (bicyclic) bond motifs is 1. The number of ether oxygens (including phenoxy) is 1. The lowest BCUT2D eigenvalue weighted by Crippen LogP contribution is -2.34. The number of nitrogens with one attached hydrogen (secondary N) is 2. The molecule has 0 aromatic carbocycles. The van der Waals surface area contributed by atoms with E-state index in [-0.39, 0.29) is 31.1 Å². The zero-order valence-corrected chi connectivity index (χ0v) is 21.1. The molecular weight excluding hydrogens is 452 g/mol. The minimum Gasteiger partial charge on any atom is -0.474 e. The van der Waals surface area contributed by atoms with Crippen molar-refractivity contribution in [2.45, 2.75) is 109 Å². The molecule has 5 rings (SSSR count). The number of aliphatic hydroxyl groups excluding tert-OH is 1.